The second kappa shape index (κ2) is 14.8. The topological polar surface area (TPSA) is 18.5 Å². The Morgan fingerprint density at radius 1 is 0.625 bits per heavy atom. The van der Waals surface area contributed by atoms with Gasteiger partial charge in [0.1, 0.15) is 11.5 Å². The summed E-state index contributed by atoms with van der Waals surface area (Å²) in [6, 6.07) is 12.9. The third kappa shape index (κ3) is 11.8. The highest BCUT2D eigenvalue weighted by molar-refractivity contribution is 5.62. The van der Waals surface area contributed by atoms with Crippen molar-refractivity contribution in [3.05, 3.63) is 89.0 Å². The predicted octanol–water partition coefficient (Wildman–Crippen LogP) is 10.7. The van der Waals surface area contributed by atoms with Crippen LogP contribution in [-0.4, -0.2) is 13.2 Å². The molecule has 2 aliphatic carbocycles. The fourth-order valence-electron chi connectivity index (χ4n) is 5.16. The van der Waals surface area contributed by atoms with Crippen molar-refractivity contribution in [1.82, 2.24) is 0 Å². The molecule has 2 aromatic carbocycles. The molecule has 0 fully saturated rings. The first-order chi connectivity index (χ1) is 18.9. The van der Waals surface area contributed by atoms with E-state index in [4.69, 9.17) is 9.47 Å². The van der Waals surface area contributed by atoms with Gasteiger partial charge < -0.3 is 9.47 Å². The van der Waals surface area contributed by atoms with Crippen LogP contribution in [0.25, 0.3) is 6.08 Å². The van der Waals surface area contributed by atoms with Gasteiger partial charge in [0.05, 0.1) is 13.2 Å². The normalized spacial score (nSPS) is 14.7. The molecule has 0 N–H and O–H groups in total. The summed E-state index contributed by atoms with van der Waals surface area (Å²) in [5, 5.41) is 0. The van der Waals surface area contributed by atoms with E-state index in [1.807, 2.05) is 0 Å². The lowest BCUT2D eigenvalue weighted by atomic mass is 9.89. The second-order valence-corrected chi connectivity index (χ2v) is 14.1. The quantitative estimate of drug-likeness (QED) is 0.219. The Hall–Kier alpha value is -2.74. The van der Waals surface area contributed by atoms with E-state index in [-0.39, 0.29) is 0 Å². The van der Waals surface area contributed by atoms with Crippen molar-refractivity contribution in [3.63, 3.8) is 0 Å². The lowest BCUT2D eigenvalue weighted by Gasteiger charge is -2.19. The average Bonchev–Trinajstić information content (AvgIpc) is 2.87. The number of ether oxygens (including phenoxy) is 2. The maximum absolute atomic E-state index is 5.89. The van der Waals surface area contributed by atoms with Crippen LogP contribution in [0.5, 0.6) is 11.5 Å². The average molecular weight is 543 g/mol. The first-order valence-electron chi connectivity index (χ1n) is 15.4. The van der Waals surface area contributed by atoms with Gasteiger partial charge in [-0.25, -0.2) is 0 Å². The smallest absolute Gasteiger partial charge is 0.119 e. The molecule has 0 radical (unpaired) electrons. The number of hydrogen-bond donors (Lipinski definition) is 0. The van der Waals surface area contributed by atoms with Gasteiger partial charge in [-0.2, -0.15) is 0 Å². The summed E-state index contributed by atoms with van der Waals surface area (Å²) in [4.78, 5) is 0. The maximum Gasteiger partial charge on any atom is 0.119 e. The Bertz CT molecular complexity index is 1150. The van der Waals surface area contributed by atoms with Gasteiger partial charge in [0.25, 0.3) is 0 Å². The van der Waals surface area contributed by atoms with Gasteiger partial charge in [0, 0.05) is 0 Å². The van der Waals surface area contributed by atoms with Crippen molar-refractivity contribution >= 4 is 6.08 Å². The highest BCUT2D eigenvalue weighted by Gasteiger charge is 2.13. The summed E-state index contributed by atoms with van der Waals surface area (Å²) < 4.78 is 11.8. The third-order valence-electron chi connectivity index (χ3n) is 7.58. The summed E-state index contributed by atoms with van der Waals surface area (Å²) >= 11 is 0. The highest BCUT2D eigenvalue weighted by atomic mass is 16.5. The third-order valence-corrected chi connectivity index (χ3v) is 7.58. The van der Waals surface area contributed by atoms with Gasteiger partial charge in [0.2, 0.25) is 0 Å². The van der Waals surface area contributed by atoms with Gasteiger partial charge in [-0.15, -0.1) is 0 Å². The number of unbranched alkanes of at least 4 members (excludes halogenated alkanes) is 2. The first-order valence-corrected chi connectivity index (χ1v) is 15.4. The van der Waals surface area contributed by atoms with Crippen LogP contribution in [0.3, 0.4) is 0 Å². The number of benzene rings is 2. The minimum atomic E-state index is 0.429. The van der Waals surface area contributed by atoms with E-state index in [1.54, 1.807) is 0 Å². The van der Waals surface area contributed by atoms with Crippen LogP contribution >= 0.6 is 0 Å². The molecule has 2 nitrogen and oxygen atoms in total. The zero-order valence-corrected chi connectivity index (χ0v) is 26.3. The fraction of sp³-hybridized carbons (Fsp3) is 0.526. The maximum atomic E-state index is 5.89. The standard InChI is InChI=1S/C19H28O.C19H26O/c2*1-15-7-8-16-9-10-18(14-17(16)13-15)20-12-6-5-11-19(2,3)4/h9-10,14H,1,5-8,11-13H2,2-4H3;7-10,14H,1,5-6,11-13H2,2-4H3. The van der Waals surface area contributed by atoms with Crippen molar-refractivity contribution < 1.29 is 9.47 Å². The number of fused-ring (bicyclic) bond motifs is 2. The van der Waals surface area contributed by atoms with E-state index in [0.29, 0.717) is 10.8 Å². The zero-order valence-electron chi connectivity index (χ0n) is 26.3. The minimum Gasteiger partial charge on any atom is -0.494 e. The van der Waals surface area contributed by atoms with Crippen LogP contribution in [0.2, 0.25) is 0 Å². The molecule has 0 saturated heterocycles. The molecular weight excluding hydrogens is 488 g/mol. The Morgan fingerprint density at radius 3 is 1.80 bits per heavy atom. The molecule has 0 unspecified atom stereocenters. The van der Waals surface area contributed by atoms with Gasteiger partial charge in [0.15, 0.2) is 0 Å². The van der Waals surface area contributed by atoms with Crippen LogP contribution in [0.15, 0.2) is 66.8 Å². The number of aryl methyl sites for hydroxylation is 1. The van der Waals surface area contributed by atoms with Crippen molar-refractivity contribution in [2.75, 3.05) is 13.2 Å². The van der Waals surface area contributed by atoms with Crippen molar-refractivity contribution in [1.29, 1.82) is 0 Å². The molecule has 0 atom stereocenters. The number of allylic oxidation sites excluding steroid dienone is 3. The molecule has 2 aliphatic rings. The lowest BCUT2D eigenvalue weighted by Crippen LogP contribution is -2.07. The van der Waals surface area contributed by atoms with E-state index in [9.17, 15) is 0 Å². The molecule has 218 valence electrons. The van der Waals surface area contributed by atoms with Crippen LogP contribution in [0, 0.1) is 10.8 Å². The van der Waals surface area contributed by atoms with Gasteiger partial charge in [-0.05, 0) is 122 Å². The predicted molar refractivity (Wildman–Crippen MR) is 174 cm³/mol. The van der Waals surface area contributed by atoms with Crippen LogP contribution < -0.4 is 9.47 Å². The molecule has 0 aromatic heterocycles. The SMILES string of the molecule is C=C1C=Cc2ccc(OCCCCC(C)(C)C)cc2C1.C=C1CCc2ccc(OCCCCC(C)(C)C)cc2C1. The van der Waals surface area contributed by atoms with Gasteiger partial charge in [-0.3, -0.25) is 0 Å². The molecule has 0 bridgehead atoms. The van der Waals surface area contributed by atoms with Crippen LogP contribution in [-0.2, 0) is 19.3 Å². The molecule has 40 heavy (non-hydrogen) atoms. The van der Waals surface area contributed by atoms with E-state index >= 15 is 0 Å². The van der Waals surface area contributed by atoms with E-state index in [0.717, 1.165) is 63.2 Å². The molecular formula is C38H54O2. The molecule has 2 heteroatoms. The summed E-state index contributed by atoms with van der Waals surface area (Å²) in [6.07, 6.45) is 15.7. The Morgan fingerprint density at radius 2 is 1.20 bits per heavy atom. The molecule has 0 amide bonds. The summed E-state index contributed by atoms with van der Waals surface area (Å²) in [5.41, 5.74) is 8.87. The monoisotopic (exact) mass is 542 g/mol. The molecule has 0 aliphatic heterocycles. The van der Waals surface area contributed by atoms with E-state index < -0.39 is 0 Å². The number of rotatable bonds is 10. The van der Waals surface area contributed by atoms with E-state index in [2.05, 4.69) is 103 Å². The summed E-state index contributed by atoms with van der Waals surface area (Å²) in [7, 11) is 0. The zero-order chi connectivity index (χ0) is 29.2. The lowest BCUT2D eigenvalue weighted by molar-refractivity contribution is 0.285. The Balaban J connectivity index is 0.000000220. The largest absolute Gasteiger partial charge is 0.494 e. The van der Waals surface area contributed by atoms with Crippen LogP contribution in [0.4, 0.5) is 0 Å². The number of hydrogen-bond acceptors (Lipinski definition) is 2. The van der Waals surface area contributed by atoms with Crippen molar-refractivity contribution in [2.45, 2.75) is 106 Å². The fourth-order valence-corrected chi connectivity index (χ4v) is 5.16. The molecule has 0 heterocycles. The van der Waals surface area contributed by atoms with E-state index in [1.165, 1.54) is 59.1 Å². The first kappa shape index (κ1) is 31.8. The van der Waals surface area contributed by atoms with Crippen molar-refractivity contribution in [3.8, 4) is 11.5 Å². The summed E-state index contributed by atoms with van der Waals surface area (Å²) in [5.74, 6) is 2.01. The molecule has 2 aromatic rings. The van der Waals surface area contributed by atoms with Crippen LogP contribution in [0.1, 0.15) is 109 Å². The molecule has 0 saturated carbocycles. The molecule has 4 rings (SSSR count). The Kier molecular flexibility index (Phi) is 11.7. The minimum absolute atomic E-state index is 0.429. The second-order valence-electron chi connectivity index (χ2n) is 14.1. The highest BCUT2D eigenvalue weighted by Crippen LogP contribution is 2.29. The van der Waals surface area contributed by atoms with Gasteiger partial charge in [-0.1, -0.05) is 90.1 Å². The van der Waals surface area contributed by atoms with Gasteiger partial charge >= 0.3 is 0 Å². The summed E-state index contributed by atoms with van der Waals surface area (Å²) in [6.45, 7) is 23.5. The molecule has 0 spiro atoms. The van der Waals surface area contributed by atoms with Crippen molar-refractivity contribution in [2.24, 2.45) is 10.8 Å². The Labute approximate surface area is 245 Å².